The minimum absolute atomic E-state index is 0.0935. The number of allylic oxidation sites excluding steroid dienone is 1. The van der Waals surface area contributed by atoms with Gasteiger partial charge in [-0.3, -0.25) is 0 Å². The van der Waals surface area contributed by atoms with E-state index in [2.05, 4.69) is 63.2 Å². The first-order valence-electron chi connectivity index (χ1n) is 6.62. The molecule has 2 aromatic rings. The Labute approximate surface area is 115 Å². The molecular weight excluding hydrogens is 232 g/mol. The van der Waals surface area contributed by atoms with E-state index in [1.807, 2.05) is 18.2 Å². The molecule has 0 saturated heterocycles. The van der Waals surface area contributed by atoms with Crippen LogP contribution in [0.2, 0.25) is 0 Å². The summed E-state index contributed by atoms with van der Waals surface area (Å²) in [4.78, 5) is 0. The van der Waals surface area contributed by atoms with E-state index < -0.39 is 0 Å². The van der Waals surface area contributed by atoms with Crippen LogP contribution in [-0.4, -0.2) is 6.10 Å². The Balaban J connectivity index is 2.18. The number of hydrogen-bond donors (Lipinski definition) is 0. The van der Waals surface area contributed by atoms with Crippen LogP contribution in [0.3, 0.4) is 0 Å². The zero-order valence-electron chi connectivity index (χ0n) is 11.8. The maximum Gasteiger partial charge on any atom is 0.120 e. The van der Waals surface area contributed by atoms with Crippen LogP contribution in [0.5, 0.6) is 5.75 Å². The fraction of sp³-hybridized carbons (Fsp3) is 0.222. The smallest absolute Gasteiger partial charge is 0.120 e. The van der Waals surface area contributed by atoms with Gasteiger partial charge in [0.05, 0.1) is 0 Å². The molecule has 0 aromatic heterocycles. The Morgan fingerprint density at radius 2 is 1.63 bits per heavy atom. The molecule has 1 atom stereocenters. The van der Waals surface area contributed by atoms with Crippen molar-refractivity contribution in [2.45, 2.75) is 26.9 Å². The van der Waals surface area contributed by atoms with E-state index in [-0.39, 0.29) is 6.10 Å². The molecule has 1 nitrogen and oxygen atoms in total. The van der Waals surface area contributed by atoms with E-state index in [9.17, 15) is 0 Å². The Morgan fingerprint density at radius 3 is 2.32 bits per heavy atom. The van der Waals surface area contributed by atoms with Gasteiger partial charge < -0.3 is 4.74 Å². The summed E-state index contributed by atoms with van der Waals surface area (Å²) in [6.07, 6.45) is 2.21. The molecule has 2 aromatic carbocycles. The molecule has 0 radical (unpaired) electrons. The molecule has 0 heterocycles. The normalized spacial score (nSPS) is 11.7. The Bertz CT molecular complexity index is 551. The molecule has 0 spiro atoms. The van der Waals surface area contributed by atoms with Crippen molar-refractivity contribution < 1.29 is 4.74 Å². The molecule has 2 rings (SSSR count). The summed E-state index contributed by atoms with van der Waals surface area (Å²) in [5.41, 5.74) is 3.66. The molecule has 0 fully saturated rings. The summed E-state index contributed by atoms with van der Waals surface area (Å²) in [7, 11) is 0. The van der Waals surface area contributed by atoms with Crippen LogP contribution in [0, 0.1) is 0 Å². The lowest BCUT2D eigenvalue weighted by molar-refractivity contribution is 0.269. The van der Waals surface area contributed by atoms with Crippen molar-refractivity contribution in [3.05, 3.63) is 66.2 Å². The van der Waals surface area contributed by atoms with Gasteiger partial charge in [-0.1, -0.05) is 48.0 Å². The lowest BCUT2D eigenvalue weighted by Gasteiger charge is -2.12. The zero-order chi connectivity index (χ0) is 13.7. The average molecular weight is 252 g/mol. The molecular formula is C18H20O. The maximum absolute atomic E-state index is 5.91. The molecule has 19 heavy (non-hydrogen) atoms. The van der Waals surface area contributed by atoms with Crippen LogP contribution >= 0.6 is 0 Å². The van der Waals surface area contributed by atoms with Crippen LogP contribution in [0.25, 0.3) is 11.1 Å². The van der Waals surface area contributed by atoms with Gasteiger partial charge in [-0.25, -0.2) is 0 Å². The predicted octanol–water partition coefficient (Wildman–Crippen LogP) is 5.09. The van der Waals surface area contributed by atoms with Gasteiger partial charge in [0, 0.05) is 0 Å². The zero-order valence-corrected chi connectivity index (χ0v) is 11.8. The molecule has 0 bridgehead atoms. The number of ether oxygens (including phenoxy) is 1. The van der Waals surface area contributed by atoms with Crippen molar-refractivity contribution in [3.8, 4) is 16.9 Å². The highest BCUT2D eigenvalue weighted by atomic mass is 16.5. The maximum atomic E-state index is 5.91. The minimum atomic E-state index is 0.0935. The number of benzene rings is 2. The van der Waals surface area contributed by atoms with E-state index in [1.54, 1.807) is 0 Å². The summed E-state index contributed by atoms with van der Waals surface area (Å²) >= 11 is 0. The highest BCUT2D eigenvalue weighted by Gasteiger charge is 2.02. The van der Waals surface area contributed by atoms with Crippen molar-refractivity contribution >= 4 is 0 Å². The molecule has 0 amide bonds. The SMILES string of the molecule is CC(C)=CC(C)Oc1cccc(-c2ccccc2)c1. The van der Waals surface area contributed by atoms with Gasteiger partial charge in [-0.05, 0) is 50.1 Å². The second-order valence-electron chi connectivity index (χ2n) is 4.96. The second kappa shape index (κ2) is 6.24. The Kier molecular flexibility index (Phi) is 4.40. The van der Waals surface area contributed by atoms with Gasteiger partial charge in [0.2, 0.25) is 0 Å². The van der Waals surface area contributed by atoms with Gasteiger partial charge in [0.1, 0.15) is 11.9 Å². The third kappa shape index (κ3) is 3.99. The fourth-order valence-corrected chi connectivity index (χ4v) is 2.10. The fourth-order valence-electron chi connectivity index (χ4n) is 2.10. The molecule has 0 N–H and O–H groups in total. The van der Waals surface area contributed by atoms with E-state index in [0.29, 0.717) is 0 Å². The highest BCUT2D eigenvalue weighted by Crippen LogP contribution is 2.24. The van der Waals surface area contributed by atoms with Crippen molar-refractivity contribution in [1.29, 1.82) is 0 Å². The van der Waals surface area contributed by atoms with Crippen molar-refractivity contribution in [1.82, 2.24) is 0 Å². The predicted molar refractivity (Wildman–Crippen MR) is 81.4 cm³/mol. The van der Waals surface area contributed by atoms with Crippen LogP contribution in [0.1, 0.15) is 20.8 Å². The Hall–Kier alpha value is -2.02. The lowest BCUT2D eigenvalue weighted by atomic mass is 10.1. The van der Waals surface area contributed by atoms with Crippen LogP contribution in [-0.2, 0) is 0 Å². The van der Waals surface area contributed by atoms with E-state index in [4.69, 9.17) is 4.74 Å². The van der Waals surface area contributed by atoms with Gasteiger partial charge in [0.15, 0.2) is 0 Å². The first kappa shape index (κ1) is 13.4. The van der Waals surface area contributed by atoms with Crippen molar-refractivity contribution in [3.63, 3.8) is 0 Å². The van der Waals surface area contributed by atoms with E-state index in [0.717, 1.165) is 5.75 Å². The number of rotatable bonds is 4. The third-order valence-corrected chi connectivity index (χ3v) is 2.83. The van der Waals surface area contributed by atoms with Crippen LogP contribution in [0.4, 0.5) is 0 Å². The van der Waals surface area contributed by atoms with Gasteiger partial charge in [0.25, 0.3) is 0 Å². The quantitative estimate of drug-likeness (QED) is 0.689. The summed E-state index contributed by atoms with van der Waals surface area (Å²) in [6.45, 7) is 6.22. The van der Waals surface area contributed by atoms with Gasteiger partial charge >= 0.3 is 0 Å². The van der Waals surface area contributed by atoms with Crippen molar-refractivity contribution in [2.24, 2.45) is 0 Å². The van der Waals surface area contributed by atoms with Crippen LogP contribution < -0.4 is 4.74 Å². The van der Waals surface area contributed by atoms with Gasteiger partial charge in [-0.15, -0.1) is 0 Å². The summed E-state index contributed by atoms with van der Waals surface area (Å²) in [5, 5.41) is 0. The van der Waals surface area contributed by atoms with Crippen molar-refractivity contribution in [2.75, 3.05) is 0 Å². The molecule has 1 unspecified atom stereocenters. The molecule has 0 saturated carbocycles. The standard InChI is InChI=1S/C18H20O/c1-14(2)12-15(3)19-18-11-7-10-17(13-18)16-8-5-4-6-9-16/h4-13,15H,1-3H3. The first-order chi connectivity index (χ1) is 9.15. The largest absolute Gasteiger partial charge is 0.487 e. The molecule has 0 aliphatic heterocycles. The monoisotopic (exact) mass is 252 g/mol. The molecule has 1 heteroatoms. The van der Waals surface area contributed by atoms with Gasteiger partial charge in [-0.2, -0.15) is 0 Å². The molecule has 0 aliphatic rings. The Morgan fingerprint density at radius 1 is 0.947 bits per heavy atom. The van der Waals surface area contributed by atoms with E-state index >= 15 is 0 Å². The summed E-state index contributed by atoms with van der Waals surface area (Å²) in [6, 6.07) is 18.6. The molecule has 0 aliphatic carbocycles. The minimum Gasteiger partial charge on any atom is -0.487 e. The lowest BCUT2D eigenvalue weighted by Crippen LogP contribution is -2.08. The van der Waals surface area contributed by atoms with Crippen LogP contribution in [0.15, 0.2) is 66.2 Å². The van der Waals surface area contributed by atoms with E-state index in [1.165, 1.54) is 16.7 Å². The molecule has 98 valence electrons. The topological polar surface area (TPSA) is 9.23 Å². The summed E-state index contributed by atoms with van der Waals surface area (Å²) < 4.78 is 5.91. The third-order valence-electron chi connectivity index (χ3n) is 2.83. The number of hydrogen-bond acceptors (Lipinski definition) is 1. The second-order valence-corrected chi connectivity index (χ2v) is 4.96. The highest BCUT2D eigenvalue weighted by molar-refractivity contribution is 5.64. The first-order valence-corrected chi connectivity index (χ1v) is 6.62. The average Bonchev–Trinajstić information content (AvgIpc) is 2.39. The summed E-state index contributed by atoms with van der Waals surface area (Å²) in [5.74, 6) is 0.909.